The second kappa shape index (κ2) is 12.1. The van der Waals surface area contributed by atoms with Crippen LogP contribution in [0.4, 0.5) is 10.6 Å². The summed E-state index contributed by atoms with van der Waals surface area (Å²) in [7, 11) is 0. The minimum Gasteiger partial charge on any atom is -0.506 e. The van der Waals surface area contributed by atoms with Crippen molar-refractivity contribution >= 4 is 40.9 Å². The molecule has 0 aliphatic rings. The third-order valence-electron chi connectivity index (χ3n) is 7.26. The van der Waals surface area contributed by atoms with Crippen molar-refractivity contribution in [3.05, 3.63) is 89.0 Å². The number of hydrogen-bond donors (Lipinski definition) is 3. The van der Waals surface area contributed by atoms with E-state index in [1.165, 1.54) is 6.07 Å². The zero-order chi connectivity index (χ0) is 30.0. The number of phenolic OH excluding ortho intramolecular Hbond substituents is 1. The molecular weight excluding hydrogens is 570 g/mol. The Morgan fingerprint density at radius 3 is 2.62 bits per heavy atom. The molecule has 3 N–H and O–H groups in total. The van der Waals surface area contributed by atoms with Crippen molar-refractivity contribution in [1.82, 2.24) is 29.7 Å². The standard InChI is InChI=1S/C31H34ClN7O2S/c1-6-31(4,5)26-16-28(39(37-26)21-11-13-23(32)24(40)15-21)34-30(41)33-17-20-9-7-8-10-25(20)42-22-12-14-27-35-36-29(19(2)3)38(27)18-22/h7-16,18-19,40H,6,17H2,1-5H3,(H2,33,34,41). The van der Waals surface area contributed by atoms with Crippen LogP contribution in [0.25, 0.3) is 11.3 Å². The van der Waals surface area contributed by atoms with Crippen LogP contribution in [0, 0.1) is 0 Å². The van der Waals surface area contributed by atoms with E-state index in [1.807, 2.05) is 46.9 Å². The average Bonchev–Trinajstić information content (AvgIpc) is 3.59. The van der Waals surface area contributed by atoms with E-state index >= 15 is 0 Å². The number of hydrogen-bond acceptors (Lipinski definition) is 6. The molecule has 0 unspecified atom stereocenters. The summed E-state index contributed by atoms with van der Waals surface area (Å²) < 4.78 is 3.64. The molecule has 42 heavy (non-hydrogen) atoms. The van der Waals surface area contributed by atoms with Gasteiger partial charge in [-0.05, 0) is 42.3 Å². The number of urea groups is 1. The van der Waals surface area contributed by atoms with Gasteiger partial charge in [0.15, 0.2) is 5.65 Å². The summed E-state index contributed by atoms with van der Waals surface area (Å²) in [6.45, 7) is 10.8. The molecule has 2 aromatic carbocycles. The Balaban J connectivity index is 1.34. The Morgan fingerprint density at radius 2 is 1.88 bits per heavy atom. The lowest BCUT2D eigenvalue weighted by atomic mass is 9.87. The van der Waals surface area contributed by atoms with E-state index in [1.54, 1.807) is 28.6 Å². The van der Waals surface area contributed by atoms with Crippen molar-refractivity contribution in [3.8, 4) is 11.4 Å². The third kappa shape index (κ3) is 6.24. The van der Waals surface area contributed by atoms with Crippen LogP contribution in [0.5, 0.6) is 5.75 Å². The number of nitrogens with one attached hydrogen (secondary N) is 2. The van der Waals surface area contributed by atoms with Gasteiger partial charge in [0.25, 0.3) is 0 Å². The summed E-state index contributed by atoms with van der Waals surface area (Å²) in [5.41, 5.74) is 2.98. The van der Waals surface area contributed by atoms with Crippen LogP contribution in [0.3, 0.4) is 0 Å². The molecule has 0 spiro atoms. The number of rotatable bonds is 9. The maximum Gasteiger partial charge on any atom is 0.320 e. The van der Waals surface area contributed by atoms with Gasteiger partial charge < -0.3 is 10.4 Å². The largest absolute Gasteiger partial charge is 0.506 e. The van der Waals surface area contributed by atoms with Gasteiger partial charge in [0.05, 0.1) is 16.4 Å². The van der Waals surface area contributed by atoms with Crippen LogP contribution < -0.4 is 10.6 Å². The number of amides is 2. The van der Waals surface area contributed by atoms with E-state index in [0.29, 0.717) is 18.1 Å². The van der Waals surface area contributed by atoms with Gasteiger partial charge in [-0.2, -0.15) is 5.10 Å². The van der Waals surface area contributed by atoms with Crippen LogP contribution in [0.2, 0.25) is 5.02 Å². The summed E-state index contributed by atoms with van der Waals surface area (Å²) in [4.78, 5) is 15.2. The van der Waals surface area contributed by atoms with E-state index in [9.17, 15) is 9.90 Å². The van der Waals surface area contributed by atoms with Crippen molar-refractivity contribution in [2.24, 2.45) is 0 Å². The first-order valence-corrected chi connectivity index (χ1v) is 15.0. The molecule has 0 aliphatic heterocycles. The molecule has 5 rings (SSSR count). The molecule has 0 aliphatic carbocycles. The highest BCUT2D eigenvalue weighted by Crippen LogP contribution is 2.33. The Hall–Kier alpha value is -4.02. The van der Waals surface area contributed by atoms with Gasteiger partial charge in [0, 0.05) is 46.0 Å². The number of pyridine rings is 1. The molecule has 3 heterocycles. The normalized spacial score (nSPS) is 11.8. The van der Waals surface area contributed by atoms with Crippen molar-refractivity contribution < 1.29 is 9.90 Å². The maximum absolute atomic E-state index is 13.1. The second-order valence-electron chi connectivity index (χ2n) is 11.0. The predicted octanol–water partition coefficient (Wildman–Crippen LogP) is 7.56. The molecule has 0 atom stereocenters. The lowest BCUT2D eigenvalue weighted by Gasteiger charge is -2.19. The topological polar surface area (TPSA) is 109 Å². The Morgan fingerprint density at radius 1 is 1.10 bits per heavy atom. The molecule has 218 valence electrons. The molecule has 0 saturated heterocycles. The number of nitrogens with zero attached hydrogens (tertiary/aromatic N) is 5. The smallest absolute Gasteiger partial charge is 0.320 e. The van der Waals surface area contributed by atoms with Gasteiger partial charge in [-0.15, -0.1) is 10.2 Å². The van der Waals surface area contributed by atoms with Crippen LogP contribution in [-0.2, 0) is 12.0 Å². The highest BCUT2D eigenvalue weighted by molar-refractivity contribution is 7.99. The zero-order valence-corrected chi connectivity index (χ0v) is 25.8. The molecular formula is C31H34ClN7O2S. The number of carbonyl (C=O) groups is 1. The fraction of sp³-hybridized carbons (Fsp3) is 0.290. The number of phenols is 1. The Kier molecular flexibility index (Phi) is 8.47. The fourth-order valence-corrected chi connectivity index (χ4v) is 5.45. The monoisotopic (exact) mass is 603 g/mol. The number of anilines is 1. The summed E-state index contributed by atoms with van der Waals surface area (Å²) in [5, 5.41) is 29.7. The summed E-state index contributed by atoms with van der Waals surface area (Å²) in [6.07, 6.45) is 2.91. The summed E-state index contributed by atoms with van der Waals surface area (Å²) >= 11 is 7.65. The highest BCUT2D eigenvalue weighted by Gasteiger charge is 2.25. The average molecular weight is 604 g/mol. The van der Waals surface area contributed by atoms with Gasteiger partial charge >= 0.3 is 6.03 Å². The minimum absolute atomic E-state index is 0.0608. The SMILES string of the molecule is CCC(C)(C)c1cc(NC(=O)NCc2ccccc2Sc2ccc3nnc(C(C)C)n3c2)n(-c2ccc(Cl)c(O)c2)n1. The number of halogens is 1. The lowest BCUT2D eigenvalue weighted by Crippen LogP contribution is -2.29. The van der Waals surface area contributed by atoms with E-state index in [-0.39, 0.29) is 28.1 Å². The van der Waals surface area contributed by atoms with Crippen molar-refractivity contribution in [3.63, 3.8) is 0 Å². The molecule has 5 aromatic rings. The summed E-state index contributed by atoms with van der Waals surface area (Å²) in [6, 6.07) is 18.3. The van der Waals surface area contributed by atoms with Crippen LogP contribution in [0.1, 0.15) is 64.0 Å². The van der Waals surface area contributed by atoms with Gasteiger partial charge in [0.2, 0.25) is 0 Å². The first kappa shape index (κ1) is 29.5. The number of benzene rings is 2. The van der Waals surface area contributed by atoms with Crippen LogP contribution >= 0.6 is 23.4 Å². The first-order valence-electron chi connectivity index (χ1n) is 13.8. The highest BCUT2D eigenvalue weighted by atomic mass is 35.5. The lowest BCUT2D eigenvalue weighted by molar-refractivity contribution is 0.251. The third-order valence-corrected chi connectivity index (χ3v) is 8.68. The van der Waals surface area contributed by atoms with E-state index in [0.717, 1.165) is 38.9 Å². The first-order chi connectivity index (χ1) is 20.1. The van der Waals surface area contributed by atoms with Crippen molar-refractivity contribution in [2.75, 3.05) is 5.32 Å². The minimum atomic E-state index is -0.373. The molecule has 0 bridgehead atoms. The second-order valence-corrected chi connectivity index (χ2v) is 12.5. The molecule has 0 saturated carbocycles. The van der Waals surface area contributed by atoms with Gasteiger partial charge in [-0.3, -0.25) is 9.72 Å². The van der Waals surface area contributed by atoms with E-state index in [4.69, 9.17) is 16.7 Å². The zero-order valence-electron chi connectivity index (χ0n) is 24.2. The quantitative estimate of drug-likeness (QED) is 0.160. The van der Waals surface area contributed by atoms with Gasteiger partial charge in [-0.25, -0.2) is 9.48 Å². The predicted molar refractivity (Wildman–Crippen MR) is 167 cm³/mol. The maximum atomic E-state index is 13.1. The van der Waals surface area contributed by atoms with Gasteiger partial charge in [-0.1, -0.05) is 76.2 Å². The molecule has 0 fully saturated rings. The van der Waals surface area contributed by atoms with Crippen molar-refractivity contribution in [2.45, 2.75) is 68.7 Å². The summed E-state index contributed by atoms with van der Waals surface area (Å²) in [5.74, 6) is 1.59. The fourth-order valence-electron chi connectivity index (χ4n) is 4.37. The molecule has 9 nitrogen and oxygen atoms in total. The number of carbonyl (C=O) groups excluding carboxylic acids is 1. The van der Waals surface area contributed by atoms with Gasteiger partial charge in [0.1, 0.15) is 17.4 Å². The Labute approximate surface area is 254 Å². The number of fused-ring (bicyclic) bond motifs is 1. The Bertz CT molecular complexity index is 1740. The number of aromatic nitrogens is 5. The van der Waals surface area contributed by atoms with E-state index in [2.05, 4.69) is 61.6 Å². The molecule has 11 heteroatoms. The molecule has 3 aromatic heterocycles. The van der Waals surface area contributed by atoms with Crippen LogP contribution in [-0.4, -0.2) is 35.5 Å². The van der Waals surface area contributed by atoms with E-state index < -0.39 is 0 Å². The van der Waals surface area contributed by atoms with Crippen molar-refractivity contribution in [1.29, 1.82) is 0 Å². The molecule has 2 amide bonds. The van der Waals surface area contributed by atoms with Crippen LogP contribution in [0.15, 0.2) is 76.7 Å². The molecule has 0 radical (unpaired) electrons. The number of aromatic hydroxyl groups is 1.